The fourth-order valence-electron chi connectivity index (χ4n) is 3.84. The zero-order valence-corrected chi connectivity index (χ0v) is 13.0. The monoisotopic (exact) mass is 283 g/mol. The van der Waals surface area contributed by atoms with Crippen molar-refractivity contribution < 1.29 is 4.74 Å². The van der Waals surface area contributed by atoms with E-state index in [4.69, 9.17) is 10.5 Å². The van der Waals surface area contributed by atoms with Crippen molar-refractivity contribution >= 4 is 10.8 Å². The van der Waals surface area contributed by atoms with Crippen LogP contribution in [0, 0.1) is 5.92 Å². The van der Waals surface area contributed by atoms with Crippen LogP contribution in [-0.4, -0.2) is 12.7 Å². The van der Waals surface area contributed by atoms with E-state index >= 15 is 0 Å². The molecule has 0 amide bonds. The maximum absolute atomic E-state index is 6.64. The Hall–Kier alpha value is -1.38. The third-order valence-electron chi connectivity index (χ3n) is 5.10. The van der Waals surface area contributed by atoms with Crippen LogP contribution in [-0.2, 0) is 4.74 Å². The molecule has 1 fully saturated rings. The number of ether oxygens (including phenoxy) is 1. The highest BCUT2D eigenvalue weighted by atomic mass is 16.5. The number of nitrogens with two attached hydrogens (primary N) is 1. The van der Waals surface area contributed by atoms with Crippen LogP contribution >= 0.6 is 0 Å². The molecule has 21 heavy (non-hydrogen) atoms. The second-order valence-corrected chi connectivity index (χ2v) is 6.55. The molecule has 2 heteroatoms. The predicted octanol–water partition coefficient (Wildman–Crippen LogP) is 4.43. The zero-order chi connectivity index (χ0) is 14.9. The number of hydrogen-bond donors (Lipinski definition) is 1. The van der Waals surface area contributed by atoms with Crippen molar-refractivity contribution in [2.24, 2.45) is 11.7 Å². The third-order valence-corrected chi connectivity index (χ3v) is 5.10. The van der Waals surface area contributed by atoms with E-state index in [0.29, 0.717) is 5.92 Å². The molecule has 0 aliphatic heterocycles. The van der Waals surface area contributed by atoms with Crippen LogP contribution in [0.25, 0.3) is 10.8 Å². The van der Waals surface area contributed by atoms with Crippen molar-refractivity contribution in [2.45, 2.75) is 44.2 Å². The van der Waals surface area contributed by atoms with Crippen LogP contribution in [0.2, 0.25) is 0 Å². The van der Waals surface area contributed by atoms with Gasteiger partial charge in [-0.1, -0.05) is 56.2 Å². The molecule has 2 aromatic carbocycles. The molecule has 1 aliphatic carbocycles. The average molecular weight is 283 g/mol. The summed E-state index contributed by atoms with van der Waals surface area (Å²) in [5.41, 5.74) is 7.62. The molecule has 2 nitrogen and oxygen atoms in total. The van der Waals surface area contributed by atoms with E-state index in [9.17, 15) is 0 Å². The Balaban J connectivity index is 1.96. The minimum Gasteiger partial charge on any atom is -0.376 e. The van der Waals surface area contributed by atoms with Gasteiger partial charge in [0.1, 0.15) is 0 Å². The summed E-state index contributed by atoms with van der Waals surface area (Å²) in [6.07, 6.45) is 4.60. The lowest BCUT2D eigenvalue weighted by atomic mass is 9.73. The Bertz CT molecular complexity index is 624. The molecule has 2 N–H and O–H groups in total. The average Bonchev–Trinajstić information content (AvgIpc) is 2.53. The van der Waals surface area contributed by atoms with Crippen molar-refractivity contribution in [1.82, 2.24) is 0 Å². The van der Waals surface area contributed by atoms with E-state index in [-0.39, 0.29) is 11.6 Å². The first-order valence-electron chi connectivity index (χ1n) is 7.94. The largest absolute Gasteiger partial charge is 0.376 e. The van der Waals surface area contributed by atoms with Crippen molar-refractivity contribution in [3.8, 4) is 0 Å². The summed E-state index contributed by atoms with van der Waals surface area (Å²) in [6.45, 7) is 2.31. The Kier molecular flexibility index (Phi) is 4.01. The van der Waals surface area contributed by atoms with E-state index in [1.165, 1.54) is 29.2 Å². The number of hydrogen-bond acceptors (Lipinski definition) is 2. The first kappa shape index (κ1) is 14.6. The van der Waals surface area contributed by atoms with Crippen LogP contribution < -0.4 is 5.73 Å². The first-order valence-corrected chi connectivity index (χ1v) is 7.94. The minimum atomic E-state index is -0.208. The summed E-state index contributed by atoms with van der Waals surface area (Å²) < 4.78 is 5.95. The third kappa shape index (κ3) is 2.70. The van der Waals surface area contributed by atoms with E-state index < -0.39 is 0 Å². The van der Waals surface area contributed by atoms with Gasteiger partial charge in [0.2, 0.25) is 0 Å². The molecule has 0 radical (unpaired) electrons. The quantitative estimate of drug-likeness (QED) is 0.904. The molecule has 1 saturated carbocycles. The second kappa shape index (κ2) is 5.78. The lowest BCUT2D eigenvalue weighted by Gasteiger charge is -2.43. The topological polar surface area (TPSA) is 35.2 Å². The Morgan fingerprint density at radius 2 is 1.95 bits per heavy atom. The molecule has 0 spiro atoms. The van der Waals surface area contributed by atoms with Gasteiger partial charge in [0.25, 0.3) is 0 Å². The fraction of sp³-hybridized carbons (Fsp3) is 0.474. The Labute approximate surface area is 127 Å². The van der Waals surface area contributed by atoms with Crippen LogP contribution in [0.3, 0.4) is 0 Å². The van der Waals surface area contributed by atoms with Gasteiger partial charge in [0, 0.05) is 7.11 Å². The molecular formula is C19H25NO. The van der Waals surface area contributed by atoms with Gasteiger partial charge in [0.15, 0.2) is 0 Å². The number of methoxy groups -OCH3 is 1. The van der Waals surface area contributed by atoms with Crippen molar-refractivity contribution in [3.63, 3.8) is 0 Å². The highest BCUT2D eigenvalue weighted by Crippen LogP contribution is 2.42. The van der Waals surface area contributed by atoms with Crippen LogP contribution in [0.1, 0.15) is 44.2 Å². The van der Waals surface area contributed by atoms with Gasteiger partial charge in [-0.25, -0.2) is 0 Å². The Morgan fingerprint density at radius 3 is 2.67 bits per heavy atom. The molecule has 3 unspecified atom stereocenters. The SMILES string of the molecule is COC1(C(N)c2ccc3ccccc3c2)CCCC(C)C1. The summed E-state index contributed by atoms with van der Waals surface area (Å²) in [7, 11) is 1.82. The first-order chi connectivity index (χ1) is 10.1. The summed E-state index contributed by atoms with van der Waals surface area (Å²) >= 11 is 0. The Morgan fingerprint density at radius 1 is 1.19 bits per heavy atom. The summed E-state index contributed by atoms with van der Waals surface area (Å²) in [5, 5.41) is 2.51. The van der Waals surface area contributed by atoms with Gasteiger partial charge < -0.3 is 10.5 Å². The summed E-state index contributed by atoms with van der Waals surface area (Å²) in [4.78, 5) is 0. The van der Waals surface area contributed by atoms with E-state index in [1.807, 2.05) is 7.11 Å². The number of rotatable bonds is 3. The highest BCUT2D eigenvalue weighted by Gasteiger charge is 2.41. The van der Waals surface area contributed by atoms with Gasteiger partial charge >= 0.3 is 0 Å². The zero-order valence-electron chi connectivity index (χ0n) is 13.0. The van der Waals surface area contributed by atoms with Gasteiger partial charge in [-0.05, 0) is 41.2 Å². The summed E-state index contributed by atoms with van der Waals surface area (Å²) in [5.74, 6) is 0.685. The molecule has 3 rings (SSSR count). The minimum absolute atomic E-state index is 0.0603. The molecule has 0 heterocycles. The molecule has 112 valence electrons. The van der Waals surface area contributed by atoms with Crippen molar-refractivity contribution in [3.05, 3.63) is 48.0 Å². The van der Waals surface area contributed by atoms with E-state index in [1.54, 1.807) is 0 Å². The van der Waals surface area contributed by atoms with Crippen molar-refractivity contribution in [1.29, 1.82) is 0 Å². The lowest BCUT2D eigenvalue weighted by molar-refractivity contribution is -0.0718. The molecule has 0 aromatic heterocycles. The van der Waals surface area contributed by atoms with Gasteiger partial charge in [-0.3, -0.25) is 0 Å². The maximum Gasteiger partial charge on any atom is 0.0872 e. The highest BCUT2D eigenvalue weighted by molar-refractivity contribution is 5.83. The van der Waals surface area contributed by atoms with Crippen LogP contribution in [0.4, 0.5) is 0 Å². The maximum atomic E-state index is 6.64. The number of benzene rings is 2. The lowest BCUT2D eigenvalue weighted by Crippen LogP contribution is -2.46. The van der Waals surface area contributed by atoms with E-state index in [2.05, 4.69) is 49.4 Å². The molecule has 2 aromatic rings. The van der Waals surface area contributed by atoms with E-state index in [0.717, 1.165) is 12.8 Å². The molecule has 0 saturated heterocycles. The van der Waals surface area contributed by atoms with Gasteiger partial charge in [-0.15, -0.1) is 0 Å². The van der Waals surface area contributed by atoms with Gasteiger partial charge in [0.05, 0.1) is 11.6 Å². The van der Waals surface area contributed by atoms with Crippen LogP contribution in [0.5, 0.6) is 0 Å². The molecule has 1 aliphatic rings. The molecule has 0 bridgehead atoms. The standard InChI is InChI=1S/C19H25NO/c1-14-6-5-11-19(13-14,21-2)18(20)17-10-9-15-7-3-4-8-16(15)12-17/h3-4,7-10,12,14,18H,5-6,11,13,20H2,1-2H3. The second-order valence-electron chi connectivity index (χ2n) is 6.55. The number of fused-ring (bicyclic) bond motifs is 1. The van der Waals surface area contributed by atoms with Gasteiger partial charge in [-0.2, -0.15) is 0 Å². The molecular weight excluding hydrogens is 258 g/mol. The normalized spacial score (nSPS) is 27.7. The summed E-state index contributed by atoms with van der Waals surface area (Å²) in [6, 6.07) is 14.9. The predicted molar refractivity (Wildman–Crippen MR) is 88.2 cm³/mol. The molecule has 3 atom stereocenters. The smallest absolute Gasteiger partial charge is 0.0872 e. The fourth-order valence-corrected chi connectivity index (χ4v) is 3.84. The van der Waals surface area contributed by atoms with Crippen LogP contribution in [0.15, 0.2) is 42.5 Å². The van der Waals surface area contributed by atoms with Crippen molar-refractivity contribution in [2.75, 3.05) is 7.11 Å².